The van der Waals surface area contributed by atoms with Gasteiger partial charge in [0.25, 0.3) is 11.8 Å². The van der Waals surface area contributed by atoms with E-state index in [4.69, 9.17) is 14.2 Å². The number of piperazine rings is 1. The molecule has 1 unspecified atom stereocenters. The summed E-state index contributed by atoms with van der Waals surface area (Å²) in [6.45, 7) is 1.58. The van der Waals surface area contributed by atoms with E-state index in [9.17, 15) is 24.0 Å². The first-order valence-corrected chi connectivity index (χ1v) is 15.7. The van der Waals surface area contributed by atoms with Gasteiger partial charge >= 0.3 is 6.09 Å². The second-order valence-corrected chi connectivity index (χ2v) is 11.4. The van der Waals surface area contributed by atoms with Crippen molar-refractivity contribution in [2.75, 3.05) is 66.2 Å². The van der Waals surface area contributed by atoms with Crippen LogP contribution in [0, 0.1) is 0 Å². The number of nitrogens with zero attached hydrogens (tertiary/aromatic N) is 5. The third kappa shape index (κ3) is 8.13. The van der Waals surface area contributed by atoms with Gasteiger partial charge in [0.05, 0.1) is 18.8 Å². The Morgan fingerprint density at radius 2 is 1.63 bits per heavy atom. The van der Waals surface area contributed by atoms with Gasteiger partial charge in [0, 0.05) is 51.9 Å². The minimum Gasteiger partial charge on any atom is -0.467 e. The van der Waals surface area contributed by atoms with Crippen molar-refractivity contribution in [1.82, 2.24) is 35.1 Å². The molecule has 1 atom stereocenters. The molecule has 0 spiro atoms. The zero-order chi connectivity index (χ0) is 32.5. The van der Waals surface area contributed by atoms with Gasteiger partial charge in [-0.15, -0.1) is 0 Å². The molecule has 0 radical (unpaired) electrons. The van der Waals surface area contributed by atoms with Crippen molar-refractivity contribution < 1.29 is 38.2 Å². The van der Waals surface area contributed by atoms with Crippen LogP contribution in [0.2, 0.25) is 0 Å². The van der Waals surface area contributed by atoms with E-state index in [0.717, 1.165) is 25.7 Å². The predicted octanol–water partition coefficient (Wildman–Crippen LogP) is 0.568. The van der Waals surface area contributed by atoms with Gasteiger partial charge in [0.2, 0.25) is 17.7 Å². The van der Waals surface area contributed by atoms with Gasteiger partial charge in [-0.3, -0.25) is 19.2 Å². The Labute approximate surface area is 267 Å². The second kappa shape index (κ2) is 15.6. The summed E-state index contributed by atoms with van der Waals surface area (Å²) in [6.07, 6.45) is 3.91. The van der Waals surface area contributed by atoms with Crippen LogP contribution in [0.25, 0.3) is 5.69 Å². The summed E-state index contributed by atoms with van der Waals surface area (Å²) in [5.41, 5.74) is 0.610. The van der Waals surface area contributed by atoms with Crippen LogP contribution < -0.4 is 15.4 Å². The van der Waals surface area contributed by atoms with Crippen LogP contribution in [0.1, 0.15) is 42.6 Å². The van der Waals surface area contributed by atoms with Crippen molar-refractivity contribution in [1.29, 1.82) is 0 Å². The monoisotopic (exact) mass is 639 g/mol. The average molecular weight is 640 g/mol. The van der Waals surface area contributed by atoms with Crippen LogP contribution in [0.3, 0.4) is 0 Å². The SMILES string of the molecule is COCCOC(=O)N1CCN(C(=O)CNC(=O)c2cc(OCC(=O)N3CCCC3C(=O)NC3CCC3)n(-c3ccccc3)n2)CC1. The standard InChI is InChI=1S/C31H41N7O8/c1-44-17-18-45-31(43)36-15-13-35(14-16-36)26(39)20-32-29(41)24-19-28(38(34-24)23-9-3-2-4-10-23)46-21-27(40)37-12-6-11-25(37)30(42)33-22-7-5-8-22/h2-4,9-10,19,22,25H,5-8,11-18,20-21H2,1H3,(H,32,41)(H,33,42). The summed E-state index contributed by atoms with van der Waals surface area (Å²) in [6, 6.07) is 10.1. The summed E-state index contributed by atoms with van der Waals surface area (Å²) in [7, 11) is 1.52. The average Bonchev–Trinajstić information content (AvgIpc) is 3.73. The Bertz CT molecular complexity index is 1390. The van der Waals surface area contributed by atoms with E-state index in [2.05, 4.69) is 15.7 Å². The number of carbonyl (C=O) groups excluding carboxylic acids is 5. The molecule has 1 aliphatic carbocycles. The number of para-hydroxylation sites is 1. The molecule has 5 rings (SSSR count). The van der Waals surface area contributed by atoms with E-state index in [1.807, 2.05) is 6.07 Å². The molecule has 2 aromatic rings. The van der Waals surface area contributed by atoms with Crippen molar-refractivity contribution in [3.63, 3.8) is 0 Å². The Morgan fingerprint density at radius 1 is 0.891 bits per heavy atom. The molecule has 0 bridgehead atoms. The number of rotatable bonds is 12. The fourth-order valence-corrected chi connectivity index (χ4v) is 5.54. The second-order valence-electron chi connectivity index (χ2n) is 11.4. The lowest BCUT2D eigenvalue weighted by atomic mass is 9.93. The third-order valence-electron chi connectivity index (χ3n) is 8.38. The first kappa shape index (κ1) is 32.7. The molecule has 2 N–H and O–H groups in total. The van der Waals surface area contributed by atoms with Crippen LogP contribution in [-0.2, 0) is 23.9 Å². The van der Waals surface area contributed by atoms with Crippen LogP contribution >= 0.6 is 0 Å². The van der Waals surface area contributed by atoms with Gasteiger partial charge in [-0.2, -0.15) is 5.10 Å². The number of amides is 5. The Hall–Kier alpha value is -4.66. The zero-order valence-corrected chi connectivity index (χ0v) is 26.0. The number of likely N-dealkylation sites (tertiary alicyclic amines) is 1. The molecule has 1 aromatic heterocycles. The first-order chi connectivity index (χ1) is 22.3. The number of ether oxygens (including phenoxy) is 3. The molecule has 3 fully saturated rings. The Balaban J connectivity index is 1.16. The highest BCUT2D eigenvalue weighted by Crippen LogP contribution is 2.23. The maximum atomic E-state index is 13.2. The van der Waals surface area contributed by atoms with Crippen LogP contribution in [0.5, 0.6) is 5.88 Å². The lowest BCUT2D eigenvalue weighted by Crippen LogP contribution is -2.52. The van der Waals surface area contributed by atoms with Gasteiger partial charge in [0.1, 0.15) is 12.6 Å². The van der Waals surface area contributed by atoms with Crippen molar-refractivity contribution in [2.45, 2.75) is 44.2 Å². The van der Waals surface area contributed by atoms with Crippen molar-refractivity contribution in [3.8, 4) is 11.6 Å². The summed E-state index contributed by atoms with van der Waals surface area (Å²) in [4.78, 5) is 68.6. The van der Waals surface area contributed by atoms with Gasteiger partial charge in [-0.25, -0.2) is 9.48 Å². The molecule has 1 aromatic carbocycles. The normalized spacial score (nSPS) is 18.1. The molecule has 2 aliphatic heterocycles. The van der Waals surface area contributed by atoms with Crippen LogP contribution in [0.4, 0.5) is 4.79 Å². The Morgan fingerprint density at radius 3 is 2.33 bits per heavy atom. The van der Waals surface area contributed by atoms with Crippen LogP contribution in [0.15, 0.2) is 36.4 Å². The maximum absolute atomic E-state index is 13.2. The summed E-state index contributed by atoms with van der Waals surface area (Å²) >= 11 is 0. The molecule has 1 saturated carbocycles. The predicted molar refractivity (Wildman–Crippen MR) is 163 cm³/mol. The number of methoxy groups -OCH3 is 1. The molecule has 248 valence electrons. The fourth-order valence-electron chi connectivity index (χ4n) is 5.54. The molecule has 5 amide bonds. The Kier molecular flexibility index (Phi) is 11.1. The number of carbonyl (C=O) groups is 5. The van der Waals surface area contributed by atoms with Crippen LogP contribution in [-0.4, -0.2) is 132 Å². The van der Waals surface area contributed by atoms with E-state index in [1.165, 1.54) is 22.8 Å². The molecule has 46 heavy (non-hydrogen) atoms. The molecule has 15 heteroatoms. The highest BCUT2D eigenvalue weighted by Gasteiger charge is 2.36. The zero-order valence-electron chi connectivity index (χ0n) is 26.0. The highest BCUT2D eigenvalue weighted by molar-refractivity contribution is 5.95. The quantitative estimate of drug-likeness (QED) is 0.316. The van der Waals surface area contributed by atoms with E-state index in [1.54, 1.807) is 34.1 Å². The van der Waals surface area contributed by atoms with Gasteiger partial charge in [-0.1, -0.05) is 18.2 Å². The summed E-state index contributed by atoms with van der Waals surface area (Å²) < 4.78 is 17.3. The number of benzene rings is 1. The van der Waals surface area contributed by atoms with Gasteiger partial charge in [0.15, 0.2) is 12.3 Å². The number of hydrogen-bond acceptors (Lipinski definition) is 9. The minimum atomic E-state index is -0.591. The lowest BCUT2D eigenvalue weighted by molar-refractivity contribution is -0.140. The molecular formula is C31H41N7O8. The minimum absolute atomic E-state index is 0.00153. The first-order valence-electron chi connectivity index (χ1n) is 15.7. The number of aromatic nitrogens is 2. The van der Waals surface area contributed by atoms with Crippen molar-refractivity contribution >= 4 is 29.7 Å². The topological polar surface area (TPSA) is 165 Å². The van der Waals surface area contributed by atoms with Crippen molar-refractivity contribution in [2.24, 2.45) is 0 Å². The lowest BCUT2D eigenvalue weighted by Gasteiger charge is -2.34. The largest absolute Gasteiger partial charge is 0.467 e. The van der Waals surface area contributed by atoms with Crippen molar-refractivity contribution in [3.05, 3.63) is 42.1 Å². The highest BCUT2D eigenvalue weighted by atomic mass is 16.6. The smallest absolute Gasteiger partial charge is 0.409 e. The molecule has 3 heterocycles. The fraction of sp³-hybridized carbons (Fsp3) is 0.548. The summed E-state index contributed by atoms with van der Waals surface area (Å²) in [5, 5.41) is 10.0. The van der Waals surface area contributed by atoms with Gasteiger partial charge in [-0.05, 0) is 44.2 Å². The van der Waals surface area contributed by atoms with E-state index in [0.29, 0.717) is 51.4 Å². The number of hydrogen-bond donors (Lipinski definition) is 2. The maximum Gasteiger partial charge on any atom is 0.409 e. The molecule has 3 aliphatic rings. The number of nitrogens with one attached hydrogen (secondary N) is 2. The van der Waals surface area contributed by atoms with E-state index in [-0.39, 0.29) is 55.1 Å². The molecule has 15 nitrogen and oxygen atoms in total. The van der Waals surface area contributed by atoms with Gasteiger partial charge < -0.3 is 39.5 Å². The van der Waals surface area contributed by atoms with E-state index < -0.39 is 18.0 Å². The molecular weight excluding hydrogens is 598 g/mol. The molecule has 2 saturated heterocycles. The van der Waals surface area contributed by atoms with E-state index >= 15 is 0 Å². The third-order valence-corrected chi connectivity index (χ3v) is 8.38. The summed E-state index contributed by atoms with van der Waals surface area (Å²) in [5.74, 6) is -1.18.